The number of nitrogens with one attached hydrogen (secondary N) is 1. The van der Waals surface area contributed by atoms with Crippen LogP contribution in [0.2, 0.25) is 5.02 Å². The minimum absolute atomic E-state index is 0.289. The molecule has 3 rings (SSSR count). The lowest BCUT2D eigenvalue weighted by Gasteiger charge is -2.30. The fourth-order valence-corrected chi connectivity index (χ4v) is 4.37. The van der Waals surface area contributed by atoms with E-state index < -0.39 is 0 Å². The molecule has 0 radical (unpaired) electrons. The van der Waals surface area contributed by atoms with Gasteiger partial charge in [-0.2, -0.15) is 0 Å². The summed E-state index contributed by atoms with van der Waals surface area (Å²) in [5.41, 5.74) is 3.18. The molecule has 0 heterocycles. The maximum absolute atomic E-state index is 6.20. The lowest BCUT2D eigenvalue weighted by Crippen LogP contribution is -2.34. The van der Waals surface area contributed by atoms with Crippen LogP contribution in [0.1, 0.15) is 57.2 Å². The van der Waals surface area contributed by atoms with Gasteiger partial charge < -0.3 is 5.32 Å². The van der Waals surface area contributed by atoms with Gasteiger partial charge in [0, 0.05) is 11.1 Å². The largest absolute Gasteiger partial charge is 0.309 e. The number of rotatable bonds is 3. The lowest BCUT2D eigenvalue weighted by molar-refractivity contribution is 0.257. The summed E-state index contributed by atoms with van der Waals surface area (Å²) in [7, 11) is 0. The first-order valence-electron chi connectivity index (χ1n) is 7.97. The van der Waals surface area contributed by atoms with E-state index in [0.29, 0.717) is 6.04 Å². The van der Waals surface area contributed by atoms with Gasteiger partial charge in [-0.1, -0.05) is 44.9 Å². The van der Waals surface area contributed by atoms with Crippen LogP contribution in [0.3, 0.4) is 0 Å². The zero-order valence-electron chi connectivity index (χ0n) is 12.9. The summed E-state index contributed by atoms with van der Waals surface area (Å²) in [4.78, 5) is 0. The second-order valence-electron chi connectivity index (χ2n) is 7.63. The summed E-state index contributed by atoms with van der Waals surface area (Å²) in [5, 5.41) is 4.72. The molecule has 1 fully saturated rings. The highest BCUT2D eigenvalue weighted by Crippen LogP contribution is 2.46. The Bertz CT molecular complexity index is 494. The van der Waals surface area contributed by atoms with Crippen molar-refractivity contribution in [1.82, 2.24) is 5.32 Å². The SMILES string of the molecule is CC1CCC(CNC2c3cc(Cl)ccc3CC2(C)C)C1. The topological polar surface area (TPSA) is 12.0 Å². The molecule has 1 N–H and O–H groups in total. The van der Waals surface area contributed by atoms with E-state index in [1.54, 1.807) is 0 Å². The molecule has 110 valence electrons. The van der Waals surface area contributed by atoms with Gasteiger partial charge in [0.2, 0.25) is 0 Å². The highest BCUT2D eigenvalue weighted by Gasteiger charge is 2.39. The van der Waals surface area contributed by atoms with E-state index in [9.17, 15) is 0 Å². The normalized spacial score (nSPS) is 31.5. The first kappa shape index (κ1) is 14.4. The van der Waals surface area contributed by atoms with Crippen molar-refractivity contribution in [1.29, 1.82) is 0 Å². The van der Waals surface area contributed by atoms with Gasteiger partial charge in [-0.25, -0.2) is 0 Å². The molecule has 0 aromatic heterocycles. The van der Waals surface area contributed by atoms with Crippen LogP contribution in [-0.2, 0) is 6.42 Å². The molecular formula is C18H26ClN. The van der Waals surface area contributed by atoms with Gasteiger partial charge in [0.1, 0.15) is 0 Å². The Balaban J connectivity index is 1.73. The molecular weight excluding hydrogens is 266 g/mol. The maximum atomic E-state index is 6.20. The van der Waals surface area contributed by atoms with Gasteiger partial charge in [-0.15, -0.1) is 0 Å². The van der Waals surface area contributed by atoms with Crippen LogP contribution in [0.5, 0.6) is 0 Å². The average Bonchev–Trinajstić information content (AvgIpc) is 2.87. The molecule has 3 atom stereocenters. The molecule has 2 aliphatic rings. The third-order valence-electron chi connectivity index (χ3n) is 5.26. The van der Waals surface area contributed by atoms with Crippen LogP contribution >= 0.6 is 11.6 Å². The van der Waals surface area contributed by atoms with Crippen LogP contribution in [0.15, 0.2) is 18.2 Å². The van der Waals surface area contributed by atoms with Crippen molar-refractivity contribution >= 4 is 11.6 Å². The number of fused-ring (bicyclic) bond motifs is 1. The molecule has 1 aromatic rings. The highest BCUT2D eigenvalue weighted by molar-refractivity contribution is 6.30. The molecule has 0 spiro atoms. The van der Waals surface area contributed by atoms with Crippen LogP contribution in [0.25, 0.3) is 0 Å². The number of hydrogen-bond donors (Lipinski definition) is 1. The molecule has 3 unspecified atom stereocenters. The Labute approximate surface area is 128 Å². The molecule has 1 aromatic carbocycles. The number of hydrogen-bond acceptors (Lipinski definition) is 1. The molecule has 2 heteroatoms. The van der Waals surface area contributed by atoms with Crippen molar-refractivity contribution in [3.63, 3.8) is 0 Å². The molecule has 2 aliphatic carbocycles. The van der Waals surface area contributed by atoms with E-state index in [1.807, 2.05) is 6.07 Å². The summed E-state index contributed by atoms with van der Waals surface area (Å²) in [6.07, 6.45) is 5.34. The van der Waals surface area contributed by atoms with Crippen molar-refractivity contribution in [3.8, 4) is 0 Å². The Morgan fingerprint density at radius 1 is 1.30 bits per heavy atom. The molecule has 0 bridgehead atoms. The lowest BCUT2D eigenvalue weighted by atomic mass is 9.85. The smallest absolute Gasteiger partial charge is 0.0409 e. The van der Waals surface area contributed by atoms with Gasteiger partial charge in [0.15, 0.2) is 0 Å². The van der Waals surface area contributed by atoms with E-state index in [1.165, 1.54) is 30.4 Å². The Hall–Kier alpha value is -0.530. The van der Waals surface area contributed by atoms with E-state index in [2.05, 4.69) is 38.2 Å². The fourth-order valence-electron chi connectivity index (χ4n) is 4.19. The van der Waals surface area contributed by atoms with Gasteiger partial charge >= 0.3 is 0 Å². The predicted molar refractivity (Wildman–Crippen MR) is 86.2 cm³/mol. The first-order chi connectivity index (χ1) is 9.45. The summed E-state index contributed by atoms with van der Waals surface area (Å²) >= 11 is 6.20. The Kier molecular flexibility index (Phi) is 3.85. The monoisotopic (exact) mass is 291 g/mol. The average molecular weight is 292 g/mol. The maximum Gasteiger partial charge on any atom is 0.0409 e. The highest BCUT2D eigenvalue weighted by atomic mass is 35.5. The zero-order chi connectivity index (χ0) is 14.3. The molecule has 1 nitrogen and oxygen atoms in total. The van der Waals surface area contributed by atoms with Gasteiger partial charge in [-0.05, 0) is 66.3 Å². The predicted octanol–water partition coefficient (Wildman–Crippen LogP) is 4.99. The fraction of sp³-hybridized carbons (Fsp3) is 0.667. The van der Waals surface area contributed by atoms with Crippen LogP contribution in [0.4, 0.5) is 0 Å². The molecule has 0 saturated heterocycles. The third-order valence-corrected chi connectivity index (χ3v) is 5.50. The van der Waals surface area contributed by atoms with Gasteiger partial charge in [0.25, 0.3) is 0 Å². The van der Waals surface area contributed by atoms with Crippen LogP contribution in [-0.4, -0.2) is 6.54 Å². The van der Waals surface area contributed by atoms with Crippen molar-refractivity contribution in [2.75, 3.05) is 6.54 Å². The summed E-state index contributed by atoms with van der Waals surface area (Å²) < 4.78 is 0. The quantitative estimate of drug-likeness (QED) is 0.827. The molecule has 20 heavy (non-hydrogen) atoms. The van der Waals surface area contributed by atoms with E-state index in [0.717, 1.165) is 29.8 Å². The number of benzene rings is 1. The minimum atomic E-state index is 0.289. The van der Waals surface area contributed by atoms with Gasteiger partial charge in [-0.3, -0.25) is 0 Å². The van der Waals surface area contributed by atoms with Crippen molar-refractivity contribution < 1.29 is 0 Å². The second-order valence-corrected chi connectivity index (χ2v) is 8.07. The molecule has 0 amide bonds. The summed E-state index contributed by atoms with van der Waals surface area (Å²) in [6.45, 7) is 8.28. The van der Waals surface area contributed by atoms with Crippen molar-refractivity contribution in [3.05, 3.63) is 34.3 Å². The number of halogens is 1. The van der Waals surface area contributed by atoms with Crippen molar-refractivity contribution in [2.45, 2.75) is 52.5 Å². The Morgan fingerprint density at radius 3 is 2.80 bits per heavy atom. The zero-order valence-corrected chi connectivity index (χ0v) is 13.6. The molecule has 1 saturated carbocycles. The molecule has 0 aliphatic heterocycles. The summed E-state index contributed by atoms with van der Waals surface area (Å²) in [6, 6.07) is 6.85. The van der Waals surface area contributed by atoms with E-state index in [4.69, 9.17) is 11.6 Å². The van der Waals surface area contributed by atoms with E-state index >= 15 is 0 Å². The van der Waals surface area contributed by atoms with Crippen LogP contribution in [0, 0.1) is 17.3 Å². The van der Waals surface area contributed by atoms with E-state index in [-0.39, 0.29) is 5.41 Å². The minimum Gasteiger partial charge on any atom is -0.309 e. The standard InChI is InChI=1S/C18H26ClN/c1-12-4-5-13(8-12)11-20-17-16-9-15(19)7-6-14(16)10-18(17,2)3/h6-7,9,12-13,17,20H,4-5,8,10-11H2,1-3H3. The van der Waals surface area contributed by atoms with Gasteiger partial charge in [0.05, 0.1) is 0 Å². The third kappa shape index (κ3) is 2.76. The first-order valence-corrected chi connectivity index (χ1v) is 8.35. The van der Waals surface area contributed by atoms with Crippen LogP contribution < -0.4 is 5.32 Å². The summed E-state index contributed by atoms with van der Waals surface area (Å²) in [5.74, 6) is 1.78. The van der Waals surface area contributed by atoms with Crippen molar-refractivity contribution in [2.24, 2.45) is 17.3 Å². The Morgan fingerprint density at radius 2 is 2.10 bits per heavy atom. The second kappa shape index (κ2) is 5.35.